The average molecular weight is 444 g/mol. The van der Waals surface area contributed by atoms with Crippen LogP contribution in [0.1, 0.15) is 59.5 Å². The first-order chi connectivity index (χ1) is 16.1. The second-order valence-corrected chi connectivity index (χ2v) is 8.68. The molecule has 1 aromatic heterocycles. The molecular formula is C28H29NO4. The zero-order chi connectivity index (χ0) is 22.9. The zero-order valence-electron chi connectivity index (χ0n) is 19.1. The number of esters is 1. The molecule has 1 aliphatic heterocycles. The summed E-state index contributed by atoms with van der Waals surface area (Å²) in [5, 5.41) is 13.9. The Kier molecular flexibility index (Phi) is 5.81. The molecule has 5 nitrogen and oxygen atoms in total. The molecule has 0 radical (unpaired) electrons. The smallest absolute Gasteiger partial charge is 0.342 e. The fourth-order valence-corrected chi connectivity index (χ4v) is 5.23. The second kappa shape index (κ2) is 8.91. The van der Waals surface area contributed by atoms with E-state index in [0.717, 1.165) is 47.8 Å². The number of aryl methyl sites for hydroxylation is 1. The molecule has 5 rings (SSSR count). The van der Waals surface area contributed by atoms with E-state index in [4.69, 9.17) is 9.15 Å². The minimum atomic E-state index is -0.421. The van der Waals surface area contributed by atoms with Crippen LogP contribution in [0.25, 0.3) is 21.7 Å². The van der Waals surface area contributed by atoms with Crippen LogP contribution in [-0.4, -0.2) is 35.7 Å². The molecule has 2 heterocycles. The molecule has 1 saturated heterocycles. The topological polar surface area (TPSA) is 62.9 Å². The molecule has 33 heavy (non-hydrogen) atoms. The summed E-state index contributed by atoms with van der Waals surface area (Å²) in [6.45, 7) is 5.72. The second-order valence-electron chi connectivity index (χ2n) is 8.68. The molecule has 0 saturated carbocycles. The Morgan fingerprint density at radius 3 is 2.39 bits per heavy atom. The molecule has 0 spiro atoms. The van der Waals surface area contributed by atoms with Crippen LogP contribution in [-0.2, 0) is 4.74 Å². The number of likely N-dealkylation sites (tertiary alicyclic amines) is 1. The monoisotopic (exact) mass is 443 g/mol. The molecule has 1 atom stereocenters. The van der Waals surface area contributed by atoms with Crippen LogP contribution in [0.3, 0.4) is 0 Å². The standard InChI is InChI=1S/C28H29NO4/c1-3-32-28(31)22-18(2)33-27-21-15-9-8-14-20(21)26(30)24(23(22)27)25(19-12-6-4-7-13-19)29-16-10-5-11-17-29/h4,6-9,12-15,25,30H,3,5,10-11,16-17H2,1-2H3/t25-/m1/s1. The maximum Gasteiger partial charge on any atom is 0.342 e. The first kappa shape index (κ1) is 21.5. The van der Waals surface area contributed by atoms with Crippen molar-refractivity contribution in [2.75, 3.05) is 19.7 Å². The highest BCUT2D eigenvalue weighted by Gasteiger charge is 2.34. The summed E-state index contributed by atoms with van der Waals surface area (Å²) >= 11 is 0. The minimum Gasteiger partial charge on any atom is -0.507 e. The lowest BCUT2D eigenvalue weighted by Crippen LogP contribution is -2.34. The van der Waals surface area contributed by atoms with Gasteiger partial charge in [-0.1, -0.05) is 61.0 Å². The molecule has 4 aromatic rings. The maximum absolute atomic E-state index is 13.1. The maximum atomic E-state index is 13.1. The number of aromatic hydroxyl groups is 1. The van der Waals surface area contributed by atoms with Gasteiger partial charge in [0.2, 0.25) is 0 Å². The van der Waals surface area contributed by atoms with Crippen LogP contribution in [0, 0.1) is 6.92 Å². The quantitative estimate of drug-likeness (QED) is 0.364. The summed E-state index contributed by atoms with van der Waals surface area (Å²) in [6.07, 6.45) is 3.42. The van der Waals surface area contributed by atoms with Crippen LogP contribution >= 0.6 is 0 Å². The van der Waals surface area contributed by atoms with Crippen LogP contribution in [0.2, 0.25) is 0 Å². The molecule has 0 aliphatic carbocycles. The van der Waals surface area contributed by atoms with Gasteiger partial charge in [-0.3, -0.25) is 4.90 Å². The van der Waals surface area contributed by atoms with E-state index in [0.29, 0.717) is 22.3 Å². The van der Waals surface area contributed by atoms with Gasteiger partial charge < -0.3 is 14.3 Å². The number of benzene rings is 3. The molecule has 170 valence electrons. The van der Waals surface area contributed by atoms with Crippen molar-refractivity contribution in [3.63, 3.8) is 0 Å². The van der Waals surface area contributed by atoms with Gasteiger partial charge in [-0.05, 0) is 45.3 Å². The van der Waals surface area contributed by atoms with E-state index in [2.05, 4.69) is 17.0 Å². The summed E-state index contributed by atoms with van der Waals surface area (Å²) in [6, 6.07) is 17.7. The van der Waals surface area contributed by atoms with Gasteiger partial charge in [-0.25, -0.2) is 4.79 Å². The van der Waals surface area contributed by atoms with Gasteiger partial charge >= 0.3 is 5.97 Å². The van der Waals surface area contributed by atoms with Gasteiger partial charge in [0.1, 0.15) is 22.7 Å². The lowest BCUT2D eigenvalue weighted by molar-refractivity contribution is 0.0526. The zero-order valence-corrected chi connectivity index (χ0v) is 19.1. The molecule has 0 bridgehead atoms. The van der Waals surface area contributed by atoms with Crippen molar-refractivity contribution in [2.24, 2.45) is 0 Å². The number of rotatable bonds is 5. The Balaban J connectivity index is 1.89. The Morgan fingerprint density at radius 2 is 1.70 bits per heavy atom. The summed E-state index contributed by atoms with van der Waals surface area (Å²) in [4.78, 5) is 15.5. The fourth-order valence-electron chi connectivity index (χ4n) is 5.23. The number of ether oxygens (including phenoxy) is 1. The summed E-state index contributed by atoms with van der Waals surface area (Å²) in [7, 11) is 0. The van der Waals surface area contributed by atoms with Gasteiger partial charge in [0, 0.05) is 21.7 Å². The van der Waals surface area contributed by atoms with Crippen LogP contribution < -0.4 is 0 Å². The number of furan rings is 1. The van der Waals surface area contributed by atoms with E-state index in [1.54, 1.807) is 13.8 Å². The molecular weight excluding hydrogens is 414 g/mol. The largest absolute Gasteiger partial charge is 0.507 e. The van der Waals surface area contributed by atoms with Crippen molar-refractivity contribution < 1.29 is 19.1 Å². The predicted molar refractivity (Wildman–Crippen MR) is 130 cm³/mol. The Morgan fingerprint density at radius 1 is 1.03 bits per heavy atom. The molecule has 0 unspecified atom stereocenters. The third-order valence-corrected chi connectivity index (χ3v) is 6.66. The molecule has 5 heteroatoms. The minimum absolute atomic E-state index is 0.198. The fraction of sp³-hybridized carbons (Fsp3) is 0.321. The molecule has 1 fully saturated rings. The SMILES string of the molecule is CCOC(=O)c1c(C)oc2c1c([C@@H](c1ccccc1)N1CCCCC1)c(O)c1ccccc12. The van der Waals surface area contributed by atoms with E-state index >= 15 is 0 Å². The van der Waals surface area contributed by atoms with Crippen molar-refractivity contribution in [3.05, 3.63) is 77.0 Å². The van der Waals surface area contributed by atoms with Gasteiger partial charge in [0.15, 0.2) is 0 Å². The van der Waals surface area contributed by atoms with Gasteiger partial charge in [-0.15, -0.1) is 0 Å². The summed E-state index contributed by atoms with van der Waals surface area (Å²) < 4.78 is 11.6. The highest BCUT2D eigenvalue weighted by molar-refractivity contribution is 6.16. The first-order valence-corrected chi connectivity index (χ1v) is 11.7. The number of phenols is 1. The number of phenolic OH excluding ortho intramolecular Hbond substituents is 1. The Labute approximate surface area is 193 Å². The first-order valence-electron chi connectivity index (χ1n) is 11.7. The number of carbonyl (C=O) groups excluding carboxylic acids is 1. The van der Waals surface area contributed by atoms with Gasteiger partial charge in [0.05, 0.1) is 12.6 Å². The van der Waals surface area contributed by atoms with E-state index in [9.17, 15) is 9.90 Å². The number of piperidine rings is 1. The van der Waals surface area contributed by atoms with Crippen LogP contribution in [0.4, 0.5) is 0 Å². The number of hydrogen-bond acceptors (Lipinski definition) is 5. The normalized spacial score (nSPS) is 15.7. The molecule has 0 amide bonds. The van der Waals surface area contributed by atoms with Gasteiger partial charge in [-0.2, -0.15) is 0 Å². The third-order valence-electron chi connectivity index (χ3n) is 6.66. The van der Waals surface area contributed by atoms with Gasteiger partial charge in [0.25, 0.3) is 0 Å². The van der Waals surface area contributed by atoms with E-state index in [1.807, 2.05) is 42.5 Å². The predicted octanol–water partition coefficient (Wildman–Crippen LogP) is 6.35. The number of hydrogen-bond donors (Lipinski definition) is 1. The summed E-state index contributed by atoms with van der Waals surface area (Å²) in [5.74, 6) is 0.282. The lowest BCUT2D eigenvalue weighted by atomic mass is 9.88. The number of carbonyl (C=O) groups is 1. The van der Waals surface area contributed by atoms with Crippen LogP contribution in [0.5, 0.6) is 5.75 Å². The molecule has 1 N–H and O–H groups in total. The summed E-state index contributed by atoms with van der Waals surface area (Å²) in [5.41, 5.74) is 2.83. The number of nitrogens with zero attached hydrogens (tertiary/aromatic N) is 1. The average Bonchev–Trinajstić information content (AvgIpc) is 3.20. The van der Waals surface area contributed by atoms with Crippen LogP contribution in [0.15, 0.2) is 59.0 Å². The Hall–Kier alpha value is -3.31. The number of fused-ring (bicyclic) bond motifs is 3. The molecule has 1 aliphatic rings. The highest BCUT2D eigenvalue weighted by Crippen LogP contribution is 2.47. The van der Waals surface area contributed by atoms with Crippen molar-refractivity contribution in [2.45, 2.75) is 39.2 Å². The molecule has 3 aromatic carbocycles. The van der Waals surface area contributed by atoms with E-state index < -0.39 is 5.97 Å². The highest BCUT2D eigenvalue weighted by atomic mass is 16.5. The van der Waals surface area contributed by atoms with E-state index in [1.165, 1.54) is 6.42 Å². The van der Waals surface area contributed by atoms with Crippen molar-refractivity contribution in [3.8, 4) is 5.75 Å². The van der Waals surface area contributed by atoms with Crippen molar-refractivity contribution in [1.29, 1.82) is 0 Å². The lowest BCUT2D eigenvalue weighted by Gasteiger charge is -2.36. The van der Waals surface area contributed by atoms with E-state index in [-0.39, 0.29) is 18.4 Å². The Bertz CT molecular complexity index is 1300. The third kappa shape index (κ3) is 3.66. The van der Waals surface area contributed by atoms with Crippen molar-refractivity contribution in [1.82, 2.24) is 4.90 Å². The van der Waals surface area contributed by atoms with Crippen molar-refractivity contribution >= 4 is 27.7 Å².